The molecule has 6 nitrogen and oxygen atoms in total. The predicted octanol–water partition coefficient (Wildman–Crippen LogP) is 2.56. The van der Waals surface area contributed by atoms with Crippen molar-refractivity contribution in [3.63, 3.8) is 0 Å². The highest BCUT2D eigenvalue weighted by molar-refractivity contribution is 5.92. The summed E-state index contributed by atoms with van der Waals surface area (Å²) in [4.78, 5) is 25.1. The van der Waals surface area contributed by atoms with Gasteiger partial charge in [-0.05, 0) is 61.3 Å². The van der Waals surface area contributed by atoms with Crippen LogP contribution in [0.2, 0.25) is 0 Å². The lowest BCUT2D eigenvalue weighted by molar-refractivity contribution is 0.0905. The van der Waals surface area contributed by atoms with Gasteiger partial charge >= 0.3 is 0 Å². The number of amides is 1. The first-order valence-corrected chi connectivity index (χ1v) is 11.5. The third kappa shape index (κ3) is 4.36. The Bertz CT molecular complexity index is 1200. The molecule has 1 amide bonds. The molecule has 2 N–H and O–H groups in total. The number of aromatic nitrogens is 2. The zero-order valence-corrected chi connectivity index (χ0v) is 19.4. The van der Waals surface area contributed by atoms with Gasteiger partial charge in [-0.25, -0.2) is 0 Å². The van der Waals surface area contributed by atoms with Crippen LogP contribution in [0.3, 0.4) is 0 Å². The van der Waals surface area contributed by atoms with Crippen molar-refractivity contribution in [3.05, 3.63) is 56.8 Å². The van der Waals surface area contributed by atoms with E-state index >= 15 is 0 Å². The Morgan fingerprint density at radius 3 is 2.44 bits per heavy atom. The fourth-order valence-corrected chi connectivity index (χ4v) is 5.43. The summed E-state index contributed by atoms with van der Waals surface area (Å²) in [5.41, 5.74) is -1.55. The number of fused-ring (bicyclic) bond motifs is 1. The van der Waals surface area contributed by atoms with Crippen molar-refractivity contribution in [1.82, 2.24) is 15.1 Å². The van der Waals surface area contributed by atoms with E-state index in [4.69, 9.17) is 0 Å². The molecule has 1 aromatic heterocycles. The maximum atomic E-state index is 12.7. The Kier molecular flexibility index (Phi) is 5.74. The number of rotatable bonds is 4. The average molecular weight is 436 g/mol. The Labute approximate surface area is 188 Å². The molecular formula is C26H33N3O3. The van der Waals surface area contributed by atoms with Gasteiger partial charge in [-0.3, -0.25) is 14.3 Å². The second-order valence-corrected chi connectivity index (χ2v) is 10.5. The van der Waals surface area contributed by atoms with Gasteiger partial charge in [0.2, 0.25) is 0 Å². The zero-order valence-electron chi connectivity index (χ0n) is 19.4. The van der Waals surface area contributed by atoms with Crippen molar-refractivity contribution in [1.29, 1.82) is 0 Å². The van der Waals surface area contributed by atoms with Crippen LogP contribution in [0.15, 0.2) is 35.3 Å². The summed E-state index contributed by atoms with van der Waals surface area (Å²) in [7, 11) is 0. The number of aromatic hydroxyl groups is 1. The minimum atomic E-state index is -0.733. The summed E-state index contributed by atoms with van der Waals surface area (Å²) in [6.45, 7) is 8.34. The standard InChI is InChI=1S/C26H33N3O3/c1-17-13-18-9-5-6-10-19(18)14-20(17)26(11-7-8-12-26)16-29-15-21(30)23(31)22(28-29)24(32)27-25(2,3)4/h5-6,9-10,13-15,17,20,30H,7-8,11-12,16H2,1-4H3,(H,27,32). The van der Waals surface area contributed by atoms with Gasteiger partial charge in [-0.15, -0.1) is 0 Å². The van der Waals surface area contributed by atoms with Gasteiger partial charge in [-0.1, -0.05) is 56.2 Å². The largest absolute Gasteiger partial charge is 0.503 e. The van der Waals surface area contributed by atoms with Crippen LogP contribution in [0.1, 0.15) is 63.9 Å². The Balaban J connectivity index is 1.72. The minimum absolute atomic E-state index is 0.0459. The monoisotopic (exact) mass is 435 g/mol. The molecule has 1 saturated carbocycles. The van der Waals surface area contributed by atoms with E-state index in [1.807, 2.05) is 20.8 Å². The van der Waals surface area contributed by atoms with Gasteiger partial charge in [-0.2, -0.15) is 5.10 Å². The van der Waals surface area contributed by atoms with E-state index in [0.717, 1.165) is 25.7 Å². The second-order valence-electron chi connectivity index (χ2n) is 10.5. The van der Waals surface area contributed by atoms with E-state index in [1.165, 1.54) is 16.6 Å². The number of nitrogens with zero attached hydrogens (tertiary/aromatic N) is 2. The highest BCUT2D eigenvalue weighted by atomic mass is 16.3. The molecular weight excluding hydrogens is 402 g/mol. The van der Waals surface area contributed by atoms with Crippen LogP contribution in [0.5, 0.6) is 5.75 Å². The average Bonchev–Trinajstić information content (AvgIpc) is 3.18. The summed E-state index contributed by atoms with van der Waals surface area (Å²) in [6.07, 6.45) is 10.5. The molecule has 2 aliphatic rings. The lowest BCUT2D eigenvalue weighted by Gasteiger charge is -2.40. The number of carbonyl (C=O) groups excluding carboxylic acids is 1. The first-order chi connectivity index (χ1) is 15.1. The molecule has 170 valence electrons. The van der Waals surface area contributed by atoms with E-state index < -0.39 is 22.6 Å². The molecule has 1 fully saturated rings. The molecule has 6 heteroatoms. The van der Waals surface area contributed by atoms with E-state index in [9.17, 15) is 14.7 Å². The van der Waals surface area contributed by atoms with Crippen molar-refractivity contribution < 1.29 is 9.90 Å². The molecule has 0 aliphatic heterocycles. The molecule has 1 heterocycles. The number of hydrogen-bond donors (Lipinski definition) is 2. The molecule has 32 heavy (non-hydrogen) atoms. The molecule has 0 bridgehead atoms. The lowest BCUT2D eigenvalue weighted by atomic mass is 9.66. The number of carbonyl (C=O) groups is 1. The Morgan fingerprint density at radius 2 is 1.81 bits per heavy atom. The van der Waals surface area contributed by atoms with Crippen LogP contribution in [-0.2, 0) is 6.54 Å². The fraction of sp³-hybridized carbons (Fsp3) is 0.500. The summed E-state index contributed by atoms with van der Waals surface area (Å²) in [5, 5.41) is 20.0. The molecule has 1 aromatic carbocycles. The van der Waals surface area contributed by atoms with Crippen LogP contribution in [0, 0.1) is 17.3 Å². The normalized spacial score (nSPS) is 21.9. The molecule has 2 aromatic rings. The SMILES string of the molecule is CC1C=c2ccccc2=CC1C1(Cn2cc(O)c(=O)c(C(=O)NC(C)(C)C)n2)CCCC1. The van der Waals surface area contributed by atoms with Crippen LogP contribution in [0.25, 0.3) is 12.2 Å². The van der Waals surface area contributed by atoms with Crippen molar-refractivity contribution in [3.8, 4) is 5.75 Å². The van der Waals surface area contributed by atoms with Crippen LogP contribution in [-0.4, -0.2) is 26.3 Å². The van der Waals surface area contributed by atoms with Crippen LogP contribution >= 0.6 is 0 Å². The zero-order chi connectivity index (χ0) is 23.1. The maximum absolute atomic E-state index is 12.7. The quantitative estimate of drug-likeness (QED) is 0.773. The molecule has 4 rings (SSSR count). The minimum Gasteiger partial charge on any atom is -0.503 e. The lowest BCUT2D eigenvalue weighted by Crippen LogP contribution is -2.44. The number of hydrogen-bond acceptors (Lipinski definition) is 4. The third-order valence-corrected chi connectivity index (χ3v) is 6.80. The van der Waals surface area contributed by atoms with Gasteiger partial charge in [0.1, 0.15) is 0 Å². The van der Waals surface area contributed by atoms with Crippen molar-refractivity contribution in [2.45, 2.75) is 65.5 Å². The first kappa shape index (κ1) is 22.3. The van der Waals surface area contributed by atoms with Gasteiger partial charge in [0.25, 0.3) is 11.3 Å². The smallest absolute Gasteiger partial charge is 0.276 e. The summed E-state index contributed by atoms with van der Waals surface area (Å²) >= 11 is 0. The van der Waals surface area contributed by atoms with Crippen LogP contribution < -0.4 is 21.2 Å². The van der Waals surface area contributed by atoms with E-state index in [-0.39, 0.29) is 11.1 Å². The number of nitrogens with one attached hydrogen (secondary N) is 1. The van der Waals surface area contributed by atoms with Crippen molar-refractivity contribution >= 4 is 18.1 Å². The van der Waals surface area contributed by atoms with E-state index in [2.05, 4.69) is 53.8 Å². The highest BCUT2D eigenvalue weighted by Gasteiger charge is 2.43. The maximum Gasteiger partial charge on any atom is 0.276 e. The molecule has 2 aliphatic carbocycles. The summed E-state index contributed by atoms with van der Waals surface area (Å²) < 4.78 is 1.61. The molecule has 0 radical (unpaired) electrons. The molecule has 0 spiro atoms. The van der Waals surface area contributed by atoms with Gasteiger partial charge in [0.05, 0.1) is 6.20 Å². The topological polar surface area (TPSA) is 84.2 Å². The second kappa shape index (κ2) is 8.23. The summed E-state index contributed by atoms with van der Waals surface area (Å²) in [5.74, 6) is -0.327. The molecule has 2 atom stereocenters. The van der Waals surface area contributed by atoms with E-state index in [1.54, 1.807) is 4.68 Å². The third-order valence-electron chi connectivity index (χ3n) is 6.80. The van der Waals surface area contributed by atoms with Gasteiger partial charge in [0, 0.05) is 12.1 Å². The fourth-order valence-electron chi connectivity index (χ4n) is 5.43. The van der Waals surface area contributed by atoms with Gasteiger partial charge < -0.3 is 10.4 Å². The predicted molar refractivity (Wildman–Crippen MR) is 126 cm³/mol. The van der Waals surface area contributed by atoms with E-state index in [0.29, 0.717) is 18.4 Å². The van der Waals surface area contributed by atoms with Crippen molar-refractivity contribution in [2.75, 3.05) is 0 Å². The first-order valence-electron chi connectivity index (χ1n) is 11.5. The summed E-state index contributed by atoms with van der Waals surface area (Å²) in [6, 6.07) is 8.45. The Hall–Kier alpha value is -2.89. The van der Waals surface area contributed by atoms with Crippen LogP contribution in [0.4, 0.5) is 0 Å². The van der Waals surface area contributed by atoms with Gasteiger partial charge in [0.15, 0.2) is 11.4 Å². The Morgan fingerprint density at radius 1 is 1.19 bits per heavy atom. The number of benzene rings is 1. The highest BCUT2D eigenvalue weighted by Crippen LogP contribution is 2.49. The molecule has 0 saturated heterocycles. The van der Waals surface area contributed by atoms with Crippen molar-refractivity contribution in [2.24, 2.45) is 17.3 Å². The molecule has 2 unspecified atom stereocenters.